The molecule has 32 heavy (non-hydrogen) atoms. The van der Waals surface area contributed by atoms with Crippen LogP contribution in [0.2, 0.25) is 0 Å². The summed E-state index contributed by atoms with van der Waals surface area (Å²) in [4.78, 5) is 26.0. The van der Waals surface area contributed by atoms with E-state index in [0.29, 0.717) is 23.5 Å². The Morgan fingerprint density at radius 1 is 1.28 bits per heavy atom. The van der Waals surface area contributed by atoms with Gasteiger partial charge in [-0.25, -0.2) is 4.79 Å². The number of nitrogens with zero attached hydrogens (tertiary/aromatic N) is 1. The summed E-state index contributed by atoms with van der Waals surface area (Å²) >= 11 is 0. The van der Waals surface area contributed by atoms with Gasteiger partial charge in [-0.3, -0.25) is 9.69 Å². The van der Waals surface area contributed by atoms with Crippen molar-refractivity contribution >= 4 is 12.1 Å². The Kier molecular flexibility index (Phi) is 9.10. The van der Waals surface area contributed by atoms with Gasteiger partial charge >= 0.3 is 12.1 Å². The van der Waals surface area contributed by atoms with E-state index in [9.17, 15) is 14.7 Å². The fraction of sp³-hybridized carbons (Fsp3) is 0.478. The number of ether oxygens (including phenoxy) is 4. The first kappa shape index (κ1) is 25.2. The molecule has 1 amide bonds. The van der Waals surface area contributed by atoms with Gasteiger partial charge in [0.15, 0.2) is 11.5 Å². The Morgan fingerprint density at radius 2 is 1.97 bits per heavy atom. The van der Waals surface area contributed by atoms with Crippen molar-refractivity contribution in [3.63, 3.8) is 0 Å². The van der Waals surface area contributed by atoms with Gasteiger partial charge < -0.3 is 29.8 Å². The van der Waals surface area contributed by atoms with Crippen LogP contribution in [0.5, 0.6) is 11.5 Å². The number of benzene rings is 1. The predicted molar refractivity (Wildman–Crippen MR) is 119 cm³/mol. The number of aryl methyl sites for hydroxylation is 1. The smallest absolute Gasteiger partial charge is 0.411 e. The number of amides is 1. The fourth-order valence-corrected chi connectivity index (χ4v) is 3.94. The Hall–Kier alpha value is -3.04. The number of nitrogens with two attached hydrogens (primary N) is 1. The van der Waals surface area contributed by atoms with Crippen LogP contribution in [0.3, 0.4) is 0 Å². The minimum absolute atomic E-state index is 0.0133. The predicted octanol–water partition coefficient (Wildman–Crippen LogP) is 2.04. The number of rotatable bonds is 10. The van der Waals surface area contributed by atoms with E-state index in [-0.39, 0.29) is 19.8 Å². The summed E-state index contributed by atoms with van der Waals surface area (Å²) < 4.78 is 22.1. The normalized spacial score (nSPS) is 18.2. The van der Waals surface area contributed by atoms with Crippen molar-refractivity contribution in [1.29, 1.82) is 0 Å². The molecule has 3 N–H and O–H groups in total. The van der Waals surface area contributed by atoms with Crippen molar-refractivity contribution in [3.8, 4) is 11.5 Å². The van der Waals surface area contributed by atoms with E-state index in [2.05, 4.69) is 13.2 Å². The first-order valence-corrected chi connectivity index (χ1v) is 10.3. The second-order valence-corrected chi connectivity index (χ2v) is 7.45. The molecular weight excluding hydrogens is 416 g/mol. The van der Waals surface area contributed by atoms with Gasteiger partial charge in [0.25, 0.3) is 0 Å². The highest BCUT2D eigenvalue weighted by atomic mass is 16.6. The maximum Gasteiger partial charge on any atom is 0.411 e. The average Bonchev–Trinajstić information content (AvgIpc) is 2.77. The van der Waals surface area contributed by atoms with Gasteiger partial charge in [-0.2, -0.15) is 0 Å². The molecule has 0 spiro atoms. The highest BCUT2D eigenvalue weighted by Gasteiger charge is 2.44. The van der Waals surface area contributed by atoms with Gasteiger partial charge in [-0.15, -0.1) is 0 Å². The third-order valence-electron chi connectivity index (χ3n) is 5.17. The molecule has 0 saturated carbocycles. The molecule has 3 atom stereocenters. The van der Waals surface area contributed by atoms with Gasteiger partial charge in [0.05, 0.1) is 31.8 Å². The number of aliphatic hydroxyl groups excluding tert-OH is 1. The number of fused-ring (bicyclic) bond motifs is 1. The van der Waals surface area contributed by atoms with E-state index in [0.717, 1.165) is 11.1 Å². The van der Waals surface area contributed by atoms with E-state index in [1.165, 1.54) is 25.0 Å². The number of carbonyl (C=O) groups excluding carboxylic acids is 2. The van der Waals surface area contributed by atoms with Crippen LogP contribution in [0.4, 0.5) is 4.79 Å². The zero-order chi connectivity index (χ0) is 23.8. The van der Waals surface area contributed by atoms with Crippen LogP contribution < -0.4 is 15.2 Å². The van der Waals surface area contributed by atoms with Crippen LogP contribution in [-0.4, -0.2) is 67.7 Å². The van der Waals surface area contributed by atoms with Crippen molar-refractivity contribution < 1.29 is 33.6 Å². The molecular formula is C23H32N2O7. The first-order chi connectivity index (χ1) is 15.3. The minimum Gasteiger partial charge on any atom is -0.493 e. The molecule has 0 saturated heterocycles. The maximum atomic E-state index is 13.1. The molecule has 1 aliphatic heterocycles. The Labute approximate surface area is 188 Å². The quantitative estimate of drug-likeness (QED) is 0.412. The molecule has 0 aromatic heterocycles. The van der Waals surface area contributed by atoms with Crippen LogP contribution in [-0.2, 0) is 20.7 Å². The number of aliphatic hydroxyl groups is 1. The molecule has 0 aliphatic carbocycles. The summed E-state index contributed by atoms with van der Waals surface area (Å²) in [6.07, 6.45) is 2.73. The molecule has 1 aromatic rings. The second-order valence-electron chi connectivity index (χ2n) is 7.45. The third-order valence-corrected chi connectivity index (χ3v) is 5.17. The molecule has 1 aliphatic rings. The molecule has 1 heterocycles. The van der Waals surface area contributed by atoms with Crippen LogP contribution in [0.25, 0.3) is 0 Å². The van der Waals surface area contributed by atoms with Crippen molar-refractivity contribution in [2.45, 2.75) is 38.4 Å². The lowest BCUT2D eigenvalue weighted by Crippen LogP contribution is -2.55. The van der Waals surface area contributed by atoms with Crippen molar-refractivity contribution in [2.24, 2.45) is 5.73 Å². The molecule has 9 heteroatoms. The standard InChI is InChI=1S/C23H32N2O7/c1-6-8-30-22-19-16(10-14(3)21(22)29-5)11-17(13-32-15(4)27)25(20(19)18(24)12-26)23(28)31-9-7-2/h6-7,10,17-18,20,26H,1-2,8-9,11-13,24H2,3-5H3/t17-,18-,20-/m0/s1. The van der Waals surface area contributed by atoms with E-state index < -0.39 is 36.8 Å². The summed E-state index contributed by atoms with van der Waals surface area (Å²) in [6.45, 7) is 10.2. The van der Waals surface area contributed by atoms with E-state index in [1.807, 2.05) is 13.0 Å². The number of carbonyl (C=O) groups is 2. The van der Waals surface area contributed by atoms with E-state index in [1.54, 1.807) is 6.08 Å². The monoisotopic (exact) mass is 448 g/mol. The lowest BCUT2D eigenvalue weighted by Gasteiger charge is -2.44. The topological polar surface area (TPSA) is 121 Å². The first-order valence-electron chi connectivity index (χ1n) is 10.3. The molecule has 0 unspecified atom stereocenters. The number of hydrogen-bond donors (Lipinski definition) is 2. The highest BCUT2D eigenvalue weighted by molar-refractivity contribution is 5.72. The summed E-state index contributed by atoms with van der Waals surface area (Å²) in [5.41, 5.74) is 8.61. The van der Waals surface area contributed by atoms with Crippen LogP contribution in [0, 0.1) is 6.92 Å². The zero-order valence-electron chi connectivity index (χ0n) is 18.8. The fourth-order valence-electron chi connectivity index (χ4n) is 3.94. The molecule has 1 aromatic carbocycles. The number of methoxy groups -OCH3 is 1. The van der Waals surface area contributed by atoms with Crippen molar-refractivity contribution in [3.05, 3.63) is 48.1 Å². The SMILES string of the molecule is C=CCOC(=O)N1[C@H](COC(C)=O)Cc2cc(C)c(OC)c(OCC=C)c2[C@@H]1[C@@H](N)CO. The van der Waals surface area contributed by atoms with Crippen molar-refractivity contribution in [1.82, 2.24) is 4.90 Å². The lowest BCUT2D eigenvalue weighted by molar-refractivity contribution is -0.143. The van der Waals surface area contributed by atoms with Crippen LogP contribution >= 0.6 is 0 Å². The number of esters is 1. The van der Waals surface area contributed by atoms with Gasteiger partial charge in [-0.1, -0.05) is 31.4 Å². The molecule has 0 fully saturated rings. The maximum absolute atomic E-state index is 13.1. The van der Waals surface area contributed by atoms with Crippen molar-refractivity contribution in [2.75, 3.05) is 33.5 Å². The summed E-state index contributed by atoms with van der Waals surface area (Å²) in [5, 5.41) is 9.95. The molecule has 9 nitrogen and oxygen atoms in total. The summed E-state index contributed by atoms with van der Waals surface area (Å²) in [7, 11) is 1.53. The summed E-state index contributed by atoms with van der Waals surface area (Å²) in [5.74, 6) is 0.446. The third kappa shape index (κ3) is 5.41. The Morgan fingerprint density at radius 3 is 2.53 bits per heavy atom. The molecule has 176 valence electrons. The van der Waals surface area contributed by atoms with Gasteiger partial charge in [0.1, 0.15) is 19.8 Å². The molecule has 2 rings (SSSR count). The van der Waals surface area contributed by atoms with E-state index in [4.69, 9.17) is 24.7 Å². The Balaban J connectivity index is 2.72. The average molecular weight is 449 g/mol. The molecule has 0 bridgehead atoms. The highest BCUT2D eigenvalue weighted by Crippen LogP contribution is 2.47. The van der Waals surface area contributed by atoms with Gasteiger partial charge in [0, 0.05) is 12.5 Å². The van der Waals surface area contributed by atoms with Crippen LogP contribution in [0.15, 0.2) is 31.4 Å². The second kappa shape index (κ2) is 11.5. The minimum atomic E-state index is -0.872. The zero-order valence-corrected chi connectivity index (χ0v) is 18.8. The summed E-state index contributed by atoms with van der Waals surface area (Å²) in [6, 6.07) is -0.329. The number of hydrogen-bond acceptors (Lipinski definition) is 8. The van der Waals surface area contributed by atoms with Gasteiger partial charge in [0.2, 0.25) is 0 Å². The molecule has 0 radical (unpaired) electrons. The van der Waals surface area contributed by atoms with E-state index >= 15 is 0 Å². The van der Waals surface area contributed by atoms with Gasteiger partial charge in [-0.05, 0) is 24.5 Å². The van der Waals surface area contributed by atoms with Crippen LogP contribution in [0.1, 0.15) is 29.7 Å². The Bertz CT molecular complexity index is 855. The lowest BCUT2D eigenvalue weighted by atomic mass is 9.83. The largest absolute Gasteiger partial charge is 0.493 e.